The van der Waals surface area contributed by atoms with Crippen molar-refractivity contribution in [1.82, 2.24) is 10.2 Å². The summed E-state index contributed by atoms with van der Waals surface area (Å²) < 4.78 is 0. The maximum Gasteiger partial charge on any atom is 4.00 e. The van der Waals surface area contributed by atoms with E-state index in [9.17, 15) is 0 Å². The van der Waals surface area contributed by atoms with Crippen LogP contribution in [0.15, 0.2) is 30.5 Å². The zero-order chi connectivity index (χ0) is 7.07. The van der Waals surface area contributed by atoms with E-state index in [4.69, 9.17) is 0 Å². The van der Waals surface area contributed by atoms with Gasteiger partial charge >= 0.3 is 26.2 Å². The quantitative estimate of drug-likeness (QED) is 0.480. The van der Waals surface area contributed by atoms with Gasteiger partial charge in [0.15, 0.2) is 0 Å². The van der Waals surface area contributed by atoms with E-state index in [1.54, 1.807) is 12.3 Å². The van der Waals surface area contributed by atoms with Gasteiger partial charge in [-0.2, -0.15) is 12.1 Å². The molecule has 0 saturated carbocycles. The Morgan fingerprint density at radius 2 is 2.08 bits per heavy atom. The Kier molecular flexibility index (Phi) is 21.3. The largest absolute Gasteiger partial charge is 4.00 e. The van der Waals surface area contributed by atoms with Crippen molar-refractivity contribution in [3.05, 3.63) is 42.8 Å². The number of hydrogen-bond donors (Lipinski definition) is 1. The van der Waals surface area contributed by atoms with Crippen molar-refractivity contribution in [2.45, 2.75) is 6.42 Å². The van der Waals surface area contributed by atoms with Crippen LogP contribution in [-0.2, 0) is 26.2 Å². The molecule has 0 fully saturated rings. The van der Waals surface area contributed by atoms with Gasteiger partial charge in [0.05, 0.1) is 0 Å². The van der Waals surface area contributed by atoms with Gasteiger partial charge in [-0.1, -0.05) is 0 Å². The third kappa shape index (κ3) is 12.2. The number of rotatable bonds is 0. The van der Waals surface area contributed by atoms with Crippen LogP contribution in [0.1, 0.15) is 6.42 Å². The van der Waals surface area contributed by atoms with Crippen molar-refractivity contribution in [2.24, 2.45) is 0 Å². The summed E-state index contributed by atoms with van der Waals surface area (Å²) in [7, 11) is 0. The molecule has 1 aliphatic carbocycles. The van der Waals surface area contributed by atoms with Crippen molar-refractivity contribution in [2.75, 3.05) is 0 Å². The summed E-state index contributed by atoms with van der Waals surface area (Å²) in [6, 6.07) is 1.71. The van der Waals surface area contributed by atoms with Crippen molar-refractivity contribution in [3.63, 3.8) is 0 Å². The zero-order valence-corrected chi connectivity index (χ0v) is 10.8. The fourth-order valence-electron chi connectivity index (χ4n) is 0.527. The molecule has 1 N–H and O–H groups in total. The first-order chi connectivity index (χ1) is 5.00. The molecule has 0 bridgehead atoms. The molecule has 68 valence electrons. The molecule has 13 heavy (non-hydrogen) atoms. The Bertz CT molecular complexity index is 183. The fraction of sp³-hybridized carbons (Fsp3) is 0.125. The normalized spacial score (nSPS) is 9.85. The van der Waals surface area contributed by atoms with Gasteiger partial charge in [-0.3, -0.25) is 6.08 Å². The summed E-state index contributed by atoms with van der Waals surface area (Å²) in [4.78, 5) is 0. The van der Waals surface area contributed by atoms with E-state index in [1.165, 1.54) is 0 Å². The number of halogens is 2. The molecule has 1 heterocycles. The first kappa shape index (κ1) is 18.8. The first-order valence-corrected chi connectivity index (χ1v) is 3.08. The molecule has 2 nitrogen and oxygen atoms in total. The maximum atomic E-state index is 3.47. The summed E-state index contributed by atoms with van der Waals surface area (Å²) in [5.74, 6) is 0. The average molecular weight is 294 g/mol. The number of nitrogens with zero attached hydrogens (tertiary/aromatic N) is 1. The summed E-state index contributed by atoms with van der Waals surface area (Å²) in [5.41, 5.74) is 0. The average Bonchev–Trinajstić information content (AvgIpc) is 2.67. The Morgan fingerprint density at radius 1 is 1.31 bits per heavy atom. The fourth-order valence-corrected chi connectivity index (χ4v) is 0.527. The van der Waals surface area contributed by atoms with E-state index in [-0.39, 0.29) is 51.0 Å². The van der Waals surface area contributed by atoms with E-state index in [0.717, 1.165) is 6.42 Å². The molecule has 1 aromatic rings. The second-order valence-electron chi connectivity index (χ2n) is 1.71. The number of allylic oxidation sites excluding steroid dienone is 4. The Labute approximate surface area is 110 Å². The minimum absolute atomic E-state index is 0. The molecule has 1 aromatic heterocycles. The molecule has 5 heteroatoms. The van der Waals surface area contributed by atoms with E-state index in [0.29, 0.717) is 0 Å². The molecule has 2 rings (SSSR count). The summed E-state index contributed by atoms with van der Waals surface area (Å²) in [6.45, 7) is 0. The van der Waals surface area contributed by atoms with Gasteiger partial charge in [-0.05, 0) is 0 Å². The second kappa shape index (κ2) is 14.7. The van der Waals surface area contributed by atoms with Gasteiger partial charge < -0.3 is 35.0 Å². The Hall–Kier alpha value is 0.153. The SMILES string of the molecule is [C-]1=CC=CC1.[Cl-].[Cl-].[Zr+4].[c-]1cc[nH]n1. The molecule has 0 saturated heterocycles. The predicted octanol–water partition coefficient (Wildman–Crippen LogP) is -4.48. The molecular formula is C8H8Cl2N2Zr. The third-order valence-electron chi connectivity index (χ3n) is 0.947. The van der Waals surface area contributed by atoms with E-state index in [2.05, 4.69) is 28.5 Å². The van der Waals surface area contributed by atoms with Crippen molar-refractivity contribution in [1.29, 1.82) is 0 Å². The van der Waals surface area contributed by atoms with Crippen LogP contribution in [0.4, 0.5) is 0 Å². The van der Waals surface area contributed by atoms with E-state index in [1.807, 2.05) is 12.2 Å². The summed E-state index contributed by atoms with van der Waals surface area (Å²) in [5, 5.41) is 6.03. The molecule has 1 aliphatic rings. The maximum absolute atomic E-state index is 3.47. The van der Waals surface area contributed by atoms with Gasteiger partial charge in [0.2, 0.25) is 0 Å². The van der Waals surface area contributed by atoms with Crippen molar-refractivity contribution in [3.8, 4) is 0 Å². The van der Waals surface area contributed by atoms with Crippen molar-refractivity contribution < 1.29 is 51.0 Å². The summed E-state index contributed by atoms with van der Waals surface area (Å²) in [6.07, 6.45) is 14.3. The van der Waals surface area contributed by atoms with Crippen LogP contribution >= 0.6 is 0 Å². The van der Waals surface area contributed by atoms with Gasteiger partial charge in [0.1, 0.15) is 0 Å². The molecule has 0 spiro atoms. The summed E-state index contributed by atoms with van der Waals surface area (Å²) >= 11 is 0. The number of hydrogen-bond acceptors (Lipinski definition) is 1. The molecule has 0 amide bonds. The minimum atomic E-state index is 0. The first-order valence-electron chi connectivity index (χ1n) is 3.08. The topological polar surface area (TPSA) is 28.7 Å². The predicted molar refractivity (Wildman–Crippen MR) is 39.0 cm³/mol. The van der Waals surface area contributed by atoms with Gasteiger partial charge in [-0.25, -0.2) is 12.2 Å². The number of aromatic nitrogens is 2. The molecule has 0 aromatic carbocycles. The van der Waals surface area contributed by atoms with Crippen LogP contribution in [-0.4, -0.2) is 10.2 Å². The number of nitrogens with one attached hydrogen (secondary N) is 1. The van der Waals surface area contributed by atoms with Crippen molar-refractivity contribution >= 4 is 0 Å². The Morgan fingerprint density at radius 3 is 2.23 bits per heavy atom. The number of H-pyrrole nitrogens is 1. The molecular weight excluding hydrogens is 286 g/mol. The Balaban J connectivity index is -0.000000125. The molecule has 0 radical (unpaired) electrons. The zero-order valence-electron chi connectivity index (χ0n) is 6.80. The van der Waals surface area contributed by atoms with Crippen LogP contribution in [0.2, 0.25) is 0 Å². The molecule has 0 aliphatic heterocycles. The molecule has 0 unspecified atom stereocenters. The van der Waals surface area contributed by atoms with Crippen LogP contribution in [0.3, 0.4) is 0 Å². The molecule has 0 atom stereocenters. The minimum Gasteiger partial charge on any atom is -1.00 e. The van der Waals surface area contributed by atoms with Crippen LogP contribution in [0.5, 0.6) is 0 Å². The van der Waals surface area contributed by atoms with Gasteiger partial charge in [-0.15, -0.1) is 18.8 Å². The smallest absolute Gasteiger partial charge is 1.00 e. The van der Waals surface area contributed by atoms with E-state index >= 15 is 0 Å². The van der Waals surface area contributed by atoms with Crippen LogP contribution in [0, 0.1) is 12.3 Å². The second-order valence-corrected chi connectivity index (χ2v) is 1.71. The van der Waals surface area contributed by atoms with E-state index < -0.39 is 0 Å². The standard InChI is InChI=1S/C5H5.C3H3N2.2ClH.Zr/c2*1-2-4-5-3-1;;;/h1-3H,4H2;1-2H,(H,4,5);2*1H;/q2*-1;;;+4/p-2. The van der Waals surface area contributed by atoms with Crippen LogP contribution in [0.25, 0.3) is 0 Å². The third-order valence-corrected chi connectivity index (χ3v) is 0.947. The van der Waals surface area contributed by atoms with Crippen LogP contribution < -0.4 is 24.8 Å². The van der Waals surface area contributed by atoms with Gasteiger partial charge in [0.25, 0.3) is 0 Å². The number of aromatic amines is 1. The van der Waals surface area contributed by atoms with Gasteiger partial charge in [0, 0.05) is 0 Å². The monoisotopic (exact) mass is 292 g/mol.